The molecule has 4 rings (SSSR count). The predicted octanol–water partition coefficient (Wildman–Crippen LogP) is 0.371. The summed E-state index contributed by atoms with van der Waals surface area (Å²) < 4.78 is 1.28. The zero-order chi connectivity index (χ0) is 18.6. The van der Waals surface area contributed by atoms with Crippen LogP contribution in [0.15, 0.2) is 24.3 Å². The van der Waals surface area contributed by atoms with Crippen molar-refractivity contribution in [2.24, 2.45) is 0 Å². The molecular weight excluding hydrogens is 356 g/mol. The average molecular weight is 389 g/mol. The van der Waals surface area contributed by atoms with E-state index in [1.807, 2.05) is 23.3 Å². The lowest BCUT2D eigenvalue weighted by molar-refractivity contribution is -1.02. The summed E-state index contributed by atoms with van der Waals surface area (Å²) in [6.45, 7) is 6.12. The zero-order valence-electron chi connectivity index (χ0n) is 16.4. The number of aromatic nitrogens is 1. The molecule has 0 spiro atoms. The molecule has 0 atom stereocenters. The van der Waals surface area contributed by atoms with Crippen molar-refractivity contribution in [3.8, 4) is 0 Å². The number of thiazole rings is 1. The molecule has 1 amide bonds. The number of nitrogens with one attached hydrogen (secondary N) is 2. The van der Waals surface area contributed by atoms with E-state index in [4.69, 9.17) is 4.98 Å². The van der Waals surface area contributed by atoms with Crippen molar-refractivity contribution in [3.63, 3.8) is 0 Å². The van der Waals surface area contributed by atoms with Crippen molar-refractivity contribution in [1.82, 2.24) is 9.88 Å². The number of carbonyl (C=O) groups excluding carboxylic acids is 1. The highest BCUT2D eigenvalue weighted by Crippen LogP contribution is 2.22. The number of nitrogens with zero attached hydrogens (tertiary/aromatic N) is 2. The summed E-state index contributed by atoms with van der Waals surface area (Å²) in [5, 5.41) is 1.24. The Morgan fingerprint density at radius 2 is 1.81 bits per heavy atom. The SMILES string of the molecule is CN(C(=O)C[NH+]1CC[NH+](Cc2nc3ccccc3s2)CC1)C1CCCCC1. The van der Waals surface area contributed by atoms with E-state index in [1.54, 1.807) is 4.90 Å². The summed E-state index contributed by atoms with van der Waals surface area (Å²) in [4.78, 5) is 22.6. The van der Waals surface area contributed by atoms with Crippen LogP contribution in [0.1, 0.15) is 37.1 Å². The van der Waals surface area contributed by atoms with Gasteiger partial charge < -0.3 is 14.7 Å². The quantitative estimate of drug-likeness (QED) is 0.777. The lowest BCUT2D eigenvalue weighted by atomic mass is 9.94. The summed E-state index contributed by atoms with van der Waals surface area (Å²) in [7, 11) is 2.02. The van der Waals surface area contributed by atoms with Gasteiger partial charge in [-0.25, -0.2) is 4.98 Å². The third kappa shape index (κ3) is 4.68. The van der Waals surface area contributed by atoms with Crippen molar-refractivity contribution in [3.05, 3.63) is 29.3 Å². The van der Waals surface area contributed by atoms with Crippen LogP contribution in [0.2, 0.25) is 0 Å². The average Bonchev–Trinajstić information content (AvgIpc) is 3.12. The van der Waals surface area contributed by atoms with Crippen LogP contribution in [0.5, 0.6) is 0 Å². The minimum absolute atomic E-state index is 0.339. The molecule has 6 heteroatoms. The maximum Gasteiger partial charge on any atom is 0.277 e. The Morgan fingerprint density at radius 3 is 2.56 bits per heavy atom. The van der Waals surface area contributed by atoms with Crippen molar-refractivity contribution in [1.29, 1.82) is 0 Å². The maximum absolute atomic E-state index is 12.7. The largest absolute Gasteiger partial charge is 0.338 e. The Bertz CT molecular complexity index is 729. The number of carbonyl (C=O) groups is 1. The summed E-state index contributed by atoms with van der Waals surface area (Å²) in [6.07, 6.45) is 6.28. The van der Waals surface area contributed by atoms with Gasteiger partial charge in [0.05, 0.1) is 10.2 Å². The molecule has 1 aliphatic heterocycles. The first-order valence-electron chi connectivity index (χ1n) is 10.5. The normalized spacial score (nSPS) is 24.2. The Hall–Kier alpha value is -1.50. The Balaban J connectivity index is 1.24. The molecular formula is C21H32N4OS+2. The fraction of sp³-hybridized carbons (Fsp3) is 0.619. The number of amides is 1. The van der Waals surface area contributed by atoms with E-state index < -0.39 is 0 Å². The van der Waals surface area contributed by atoms with Crippen LogP contribution < -0.4 is 9.80 Å². The monoisotopic (exact) mass is 388 g/mol. The van der Waals surface area contributed by atoms with Gasteiger partial charge in [-0.05, 0) is 25.0 Å². The number of quaternary nitrogens is 2. The lowest BCUT2D eigenvalue weighted by Crippen LogP contribution is -3.28. The molecule has 0 bridgehead atoms. The van der Waals surface area contributed by atoms with Crippen LogP contribution in [0, 0.1) is 0 Å². The molecule has 1 aromatic heterocycles. The van der Waals surface area contributed by atoms with Gasteiger partial charge in [-0.15, -0.1) is 11.3 Å². The second kappa shape index (κ2) is 8.67. The van der Waals surface area contributed by atoms with E-state index in [0.717, 1.165) is 38.2 Å². The van der Waals surface area contributed by atoms with Gasteiger partial charge in [0.25, 0.3) is 5.91 Å². The van der Waals surface area contributed by atoms with Gasteiger partial charge in [-0.2, -0.15) is 0 Å². The van der Waals surface area contributed by atoms with Crippen LogP contribution >= 0.6 is 11.3 Å². The van der Waals surface area contributed by atoms with E-state index >= 15 is 0 Å². The maximum atomic E-state index is 12.7. The first-order valence-corrected chi connectivity index (χ1v) is 11.3. The first kappa shape index (κ1) is 18.8. The van der Waals surface area contributed by atoms with Gasteiger partial charge in [0.2, 0.25) is 0 Å². The number of rotatable bonds is 5. The minimum Gasteiger partial charge on any atom is -0.338 e. The molecule has 146 valence electrons. The molecule has 1 aromatic carbocycles. The zero-order valence-corrected chi connectivity index (χ0v) is 17.2. The molecule has 5 nitrogen and oxygen atoms in total. The van der Waals surface area contributed by atoms with Gasteiger partial charge in [0.1, 0.15) is 37.7 Å². The van der Waals surface area contributed by atoms with E-state index in [1.165, 1.54) is 46.7 Å². The molecule has 2 N–H and O–H groups in total. The highest BCUT2D eigenvalue weighted by Gasteiger charge is 2.29. The Kier molecular flexibility index (Phi) is 6.05. The number of benzene rings is 1. The van der Waals surface area contributed by atoms with E-state index in [2.05, 4.69) is 24.3 Å². The van der Waals surface area contributed by atoms with E-state index in [0.29, 0.717) is 18.5 Å². The molecule has 2 heterocycles. The van der Waals surface area contributed by atoms with Crippen molar-refractivity contribution in [2.75, 3.05) is 39.8 Å². The summed E-state index contributed by atoms with van der Waals surface area (Å²) in [5.74, 6) is 0.339. The van der Waals surface area contributed by atoms with Crippen LogP contribution in [-0.2, 0) is 11.3 Å². The Morgan fingerprint density at radius 1 is 1.11 bits per heavy atom. The highest BCUT2D eigenvalue weighted by atomic mass is 32.1. The van der Waals surface area contributed by atoms with Gasteiger partial charge >= 0.3 is 0 Å². The van der Waals surface area contributed by atoms with E-state index in [-0.39, 0.29) is 0 Å². The van der Waals surface area contributed by atoms with Crippen LogP contribution in [0.3, 0.4) is 0 Å². The third-order valence-corrected chi connectivity index (χ3v) is 7.36. The first-order chi connectivity index (χ1) is 13.2. The summed E-state index contributed by atoms with van der Waals surface area (Å²) in [5.41, 5.74) is 1.12. The van der Waals surface area contributed by atoms with Crippen LogP contribution in [-0.4, -0.2) is 61.6 Å². The topological polar surface area (TPSA) is 42.1 Å². The Labute approximate surface area is 166 Å². The molecule has 2 aromatic rings. The fourth-order valence-electron chi connectivity index (χ4n) is 4.53. The summed E-state index contributed by atoms with van der Waals surface area (Å²) in [6, 6.07) is 8.88. The van der Waals surface area contributed by atoms with E-state index in [9.17, 15) is 4.79 Å². The van der Waals surface area contributed by atoms with Gasteiger partial charge in [0.15, 0.2) is 6.54 Å². The molecule has 0 unspecified atom stereocenters. The lowest BCUT2D eigenvalue weighted by Gasteiger charge is -2.33. The molecule has 27 heavy (non-hydrogen) atoms. The second-order valence-corrected chi connectivity index (χ2v) is 9.34. The number of hydrogen-bond donors (Lipinski definition) is 2. The minimum atomic E-state index is 0.339. The highest BCUT2D eigenvalue weighted by molar-refractivity contribution is 7.18. The van der Waals surface area contributed by atoms with Crippen molar-refractivity contribution < 1.29 is 14.6 Å². The molecule has 0 radical (unpaired) electrons. The number of piperazine rings is 1. The van der Waals surface area contributed by atoms with Gasteiger partial charge in [-0.3, -0.25) is 4.79 Å². The molecule has 1 aliphatic carbocycles. The summed E-state index contributed by atoms with van der Waals surface area (Å²) >= 11 is 1.82. The standard InChI is InChI=1S/C21H30N4OS/c1-23(17-7-3-2-4-8-17)21(26)16-25-13-11-24(12-14-25)15-20-22-18-9-5-6-10-19(18)27-20/h5-6,9-10,17H,2-4,7-8,11-16H2,1H3/p+2. The van der Waals surface area contributed by atoms with Gasteiger partial charge in [-0.1, -0.05) is 31.4 Å². The third-order valence-electron chi connectivity index (χ3n) is 6.32. The molecule has 1 saturated heterocycles. The van der Waals surface area contributed by atoms with Gasteiger partial charge in [0, 0.05) is 13.1 Å². The fourth-order valence-corrected chi connectivity index (χ4v) is 5.57. The second-order valence-electron chi connectivity index (χ2n) is 8.23. The van der Waals surface area contributed by atoms with Crippen molar-refractivity contribution in [2.45, 2.75) is 44.7 Å². The number of likely N-dealkylation sites (N-methyl/N-ethyl adjacent to an activating group) is 1. The number of hydrogen-bond acceptors (Lipinski definition) is 3. The smallest absolute Gasteiger partial charge is 0.277 e. The molecule has 2 fully saturated rings. The molecule has 2 aliphatic rings. The number of para-hydroxylation sites is 1. The van der Waals surface area contributed by atoms with Crippen molar-refractivity contribution >= 4 is 27.5 Å². The predicted molar refractivity (Wildman–Crippen MR) is 109 cm³/mol. The van der Waals surface area contributed by atoms with Crippen LogP contribution in [0.25, 0.3) is 10.2 Å². The number of fused-ring (bicyclic) bond motifs is 1. The molecule has 1 saturated carbocycles. The van der Waals surface area contributed by atoms with Crippen LogP contribution in [0.4, 0.5) is 0 Å².